The van der Waals surface area contributed by atoms with E-state index in [0.29, 0.717) is 11.2 Å². The van der Waals surface area contributed by atoms with E-state index < -0.39 is 0 Å². The van der Waals surface area contributed by atoms with Gasteiger partial charge >= 0.3 is 0 Å². The van der Waals surface area contributed by atoms with Gasteiger partial charge in [0.25, 0.3) is 0 Å². The van der Waals surface area contributed by atoms with Crippen molar-refractivity contribution in [3.63, 3.8) is 0 Å². The third kappa shape index (κ3) is 3.34. The molecular formula is C13H20ClN3O. The number of nitrogens with zero attached hydrogens (tertiary/aromatic N) is 3. The molecule has 1 atom stereocenters. The molecule has 0 aromatic carbocycles. The van der Waals surface area contributed by atoms with Crippen LogP contribution in [-0.2, 0) is 4.74 Å². The third-order valence-electron chi connectivity index (χ3n) is 3.42. The maximum Gasteiger partial charge on any atom is 0.131 e. The first-order valence-corrected chi connectivity index (χ1v) is 6.68. The second kappa shape index (κ2) is 6.36. The maximum atomic E-state index is 5.92. The minimum atomic E-state index is 0.484. The molecule has 5 heteroatoms. The number of hydrogen-bond acceptors (Lipinski definition) is 4. The van der Waals surface area contributed by atoms with Gasteiger partial charge in [0.1, 0.15) is 5.15 Å². The largest absolute Gasteiger partial charge is 0.383 e. The van der Waals surface area contributed by atoms with Gasteiger partial charge in [-0.2, -0.15) is 0 Å². The highest BCUT2D eigenvalue weighted by atomic mass is 35.5. The fraction of sp³-hybridized carbons (Fsp3) is 0.615. The summed E-state index contributed by atoms with van der Waals surface area (Å²) in [6, 6.07) is 4.42. The first-order chi connectivity index (χ1) is 8.70. The fourth-order valence-corrected chi connectivity index (χ4v) is 2.52. The second-order valence-corrected chi connectivity index (χ2v) is 5.05. The van der Waals surface area contributed by atoms with Gasteiger partial charge in [0.2, 0.25) is 0 Å². The van der Waals surface area contributed by atoms with Crippen molar-refractivity contribution in [1.29, 1.82) is 0 Å². The van der Waals surface area contributed by atoms with Crippen LogP contribution in [0.2, 0.25) is 5.15 Å². The van der Waals surface area contributed by atoms with E-state index in [1.807, 2.05) is 12.1 Å². The average molecular weight is 270 g/mol. The monoisotopic (exact) mass is 269 g/mol. The number of pyridine rings is 1. The summed E-state index contributed by atoms with van der Waals surface area (Å²) in [6.07, 6.45) is 1.76. The van der Waals surface area contributed by atoms with Crippen LogP contribution in [0.5, 0.6) is 0 Å². The molecular weight excluding hydrogens is 250 g/mol. The van der Waals surface area contributed by atoms with Crippen molar-refractivity contribution in [1.82, 2.24) is 9.88 Å². The van der Waals surface area contributed by atoms with Crippen LogP contribution in [0, 0.1) is 0 Å². The number of methoxy groups -OCH3 is 1. The molecule has 1 unspecified atom stereocenters. The first-order valence-electron chi connectivity index (χ1n) is 6.30. The molecule has 0 spiro atoms. The summed E-state index contributed by atoms with van der Waals surface area (Å²) in [5.74, 6) is 0. The second-order valence-electron chi connectivity index (χ2n) is 4.66. The van der Waals surface area contributed by atoms with Crippen LogP contribution < -0.4 is 4.90 Å². The molecule has 0 N–H and O–H groups in total. The van der Waals surface area contributed by atoms with E-state index in [1.165, 1.54) is 0 Å². The van der Waals surface area contributed by atoms with E-state index in [2.05, 4.69) is 21.7 Å². The highest BCUT2D eigenvalue weighted by Crippen LogP contribution is 2.19. The van der Waals surface area contributed by atoms with Gasteiger partial charge in [-0.05, 0) is 19.1 Å². The minimum absolute atomic E-state index is 0.484. The van der Waals surface area contributed by atoms with Crippen LogP contribution in [0.15, 0.2) is 18.3 Å². The van der Waals surface area contributed by atoms with Gasteiger partial charge < -0.3 is 9.64 Å². The van der Waals surface area contributed by atoms with Crippen LogP contribution in [0.3, 0.4) is 0 Å². The Kier molecular flexibility index (Phi) is 4.80. The number of halogens is 1. The lowest BCUT2D eigenvalue weighted by Crippen LogP contribution is -2.50. The quantitative estimate of drug-likeness (QED) is 0.781. The average Bonchev–Trinajstić information content (AvgIpc) is 2.39. The van der Waals surface area contributed by atoms with Crippen LogP contribution in [0.25, 0.3) is 0 Å². The highest BCUT2D eigenvalue weighted by molar-refractivity contribution is 6.29. The van der Waals surface area contributed by atoms with Gasteiger partial charge in [-0.3, -0.25) is 4.90 Å². The summed E-state index contributed by atoms with van der Waals surface area (Å²) in [6.45, 7) is 7.17. The lowest BCUT2D eigenvalue weighted by molar-refractivity contribution is 0.0953. The number of rotatable bonds is 4. The number of ether oxygens (including phenoxy) is 1. The summed E-state index contributed by atoms with van der Waals surface area (Å²) >= 11 is 5.92. The zero-order valence-electron chi connectivity index (χ0n) is 11.0. The Bertz CT molecular complexity index is 380. The molecule has 2 rings (SSSR count). The van der Waals surface area contributed by atoms with Crippen LogP contribution in [0.4, 0.5) is 5.69 Å². The normalized spacial score (nSPS) is 18.9. The lowest BCUT2D eigenvalue weighted by atomic mass is 10.2. The smallest absolute Gasteiger partial charge is 0.131 e. The zero-order valence-corrected chi connectivity index (χ0v) is 11.7. The lowest BCUT2D eigenvalue weighted by Gasteiger charge is -2.38. The van der Waals surface area contributed by atoms with Gasteiger partial charge in [0, 0.05) is 51.2 Å². The molecule has 0 bridgehead atoms. The van der Waals surface area contributed by atoms with Crippen molar-refractivity contribution >= 4 is 17.3 Å². The summed E-state index contributed by atoms with van der Waals surface area (Å²) in [5, 5.41) is 0.558. The number of aromatic nitrogens is 1. The maximum absolute atomic E-state index is 5.92. The Morgan fingerprint density at radius 3 is 2.72 bits per heavy atom. The Morgan fingerprint density at radius 1 is 1.39 bits per heavy atom. The SMILES string of the molecule is COCC(C)N1CCN(c2ccnc(Cl)c2)CC1. The molecule has 18 heavy (non-hydrogen) atoms. The molecule has 4 nitrogen and oxygen atoms in total. The van der Waals surface area contributed by atoms with E-state index in [1.54, 1.807) is 13.3 Å². The van der Waals surface area contributed by atoms with Crippen LogP contribution in [0.1, 0.15) is 6.92 Å². The topological polar surface area (TPSA) is 28.6 Å². The molecule has 0 aliphatic carbocycles. The molecule has 1 aliphatic rings. The van der Waals surface area contributed by atoms with Crippen molar-refractivity contribution in [2.45, 2.75) is 13.0 Å². The van der Waals surface area contributed by atoms with Crippen LogP contribution in [-0.4, -0.2) is 55.8 Å². The van der Waals surface area contributed by atoms with Gasteiger partial charge in [-0.15, -0.1) is 0 Å². The first kappa shape index (κ1) is 13.6. The van der Waals surface area contributed by atoms with Crippen LogP contribution >= 0.6 is 11.6 Å². The summed E-state index contributed by atoms with van der Waals surface area (Å²) < 4.78 is 5.20. The molecule has 0 radical (unpaired) electrons. The number of piperazine rings is 1. The molecule has 0 saturated carbocycles. The number of hydrogen-bond donors (Lipinski definition) is 0. The molecule has 1 fully saturated rings. The molecule has 1 saturated heterocycles. The Morgan fingerprint density at radius 2 is 2.11 bits per heavy atom. The van der Waals surface area contributed by atoms with Gasteiger partial charge in [-0.1, -0.05) is 11.6 Å². The molecule has 1 aromatic heterocycles. The van der Waals surface area contributed by atoms with Crippen molar-refractivity contribution in [2.24, 2.45) is 0 Å². The zero-order chi connectivity index (χ0) is 13.0. The van der Waals surface area contributed by atoms with Crippen molar-refractivity contribution in [3.05, 3.63) is 23.5 Å². The summed E-state index contributed by atoms with van der Waals surface area (Å²) in [7, 11) is 1.76. The standard InChI is InChI=1S/C13H20ClN3O/c1-11(10-18-2)16-5-7-17(8-6-16)12-3-4-15-13(14)9-12/h3-4,9,11H,5-8,10H2,1-2H3. The van der Waals surface area contributed by atoms with E-state index in [4.69, 9.17) is 16.3 Å². The molecule has 1 aromatic rings. The molecule has 2 heterocycles. The summed E-state index contributed by atoms with van der Waals surface area (Å²) in [4.78, 5) is 8.83. The van der Waals surface area contributed by atoms with E-state index >= 15 is 0 Å². The van der Waals surface area contributed by atoms with Crippen molar-refractivity contribution in [3.8, 4) is 0 Å². The Balaban J connectivity index is 1.90. The van der Waals surface area contributed by atoms with Crippen molar-refractivity contribution in [2.75, 3.05) is 44.8 Å². The third-order valence-corrected chi connectivity index (χ3v) is 3.63. The Labute approximate surface area is 114 Å². The molecule has 0 amide bonds. The van der Waals surface area contributed by atoms with E-state index in [0.717, 1.165) is 38.5 Å². The van der Waals surface area contributed by atoms with E-state index in [9.17, 15) is 0 Å². The molecule has 100 valence electrons. The summed E-state index contributed by atoms with van der Waals surface area (Å²) in [5.41, 5.74) is 1.16. The predicted octanol–water partition coefficient (Wildman–Crippen LogP) is 1.89. The number of anilines is 1. The fourth-order valence-electron chi connectivity index (χ4n) is 2.36. The Hall–Kier alpha value is -0.840. The van der Waals surface area contributed by atoms with Gasteiger partial charge in [-0.25, -0.2) is 4.98 Å². The predicted molar refractivity (Wildman–Crippen MR) is 74.4 cm³/mol. The van der Waals surface area contributed by atoms with Gasteiger partial charge in [0.15, 0.2) is 0 Å². The van der Waals surface area contributed by atoms with Crippen molar-refractivity contribution < 1.29 is 4.74 Å². The molecule has 1 aliphatic heterocycles. The minimum Gasteiger partial charge on any atom is -0.383 e. The highest BCUT2D eigenvalue weighted by Gasteiger charge is 2.21. The van der Waals surface area contributed by atoms with E-state index in [-0.39, 0.29) is 0 Å². The van der Waals surface area contributed by atoms with Gasteiger partial charge in [0.05, 0.1) is 6.61 Å².